The number of aromatic nitrogens is 1. The van der Waals surface area contributed by atoms with Crippen LogP contribution in [0.5, 0.6) is 0 Å². The molecule has 1 saturated heterocycles. The Morgan fingerprint density at radius 1 is 1.27 bits per heavy atom. The van der Waals surface area contributed by atoms with Crippen LogP contribution in [0.15, 0.2) is 24.4 Å². The Hall–Kier alpha value is -2.85. The maximum atomic E-state index is 12.8. The molecule has 8 nitrogen and oxygen atoms in total. The molecule has 2 unspecified atom stereocenters. The van der Waals surface area contributed by atoms with E-state index in [1.807, 2.05) is 30.1 Å². The van der Waals surface area contributed by atoms with Crippen molar-refractivity contribution in [1.29, 1.82) is 0 Å². The number of pyridine rings is 1. The molecule has 1 aliphatic heterocycles. The number of likely N-dealkylation sites (tertiary alicyclic amines) is 1. The molecule has 3 amide bonds. The first-order valence-electron chi connectivity index (χ1n) is 11.0. The second-order valence-electron chi connectivity index (χ2n) is 9.04. The van der Waals surface area contributed by atoms with Crippen molar-refractivity contribution in [2.24, 2.45) is 11.3 Å². The SMILES string of the molecule is CN(Cc1ccccn1)C(=O)C1CC12CCN(C(=O)NC1CCCC1)C2.O=C(O)C(F)(F)F. The maximum Gasteiger partial charge on any atom is 0.490 e. The van der Waals surface area contributed by atoms with Crippen molar-refractivity contribution in [2.75, 3.05) is 20.1 Å². The van der Waals surface area contributed by atoms with Crippen molar-refractivity contribution < 1.29 is 32.7 Å². The third-order valence-corrected chi connectivity index (χ3v) is 6.59. The molecule has 2 heterocycles. The number of halogens is 3. The van der Waals surface area contributed by atoms with Gasteiger partial charge in [-0.3, -0.25) is 9.78 Å². The van der Waals surface area contributed by atoms with E-state index in [4.69, 9.17) is 9.90 Å². The molecule has 2 atom stereocenters. The number of amides is 3. The Morgan fingerprint density at radius 3 is 2.52 bits per heavy atom. The summed E-state index contributed by atoms with van der Waals surface area (Å²) in [6.07, 6.45) is 3.16. The van der Waals surface area contributed by atoms with Gasteiger partial charge in [0.2, 0.25) is 5.91 Å². The van der Waals surface area contributed by atoms with Crippen LogP contribution in [0.2, 0.25) is 0 Å². The van der Waals surface area contributed by atoms with E-state index in [9.17, 15) is 22.8 Å². The van der Waals surface area contributed by atoms with Gasteiger partial charge in [0.1, 0.15) is 0 Å². The number of urea groups is 1. The fourth-order valence-corrected chi connectivity index (χ4v) is 4.63. The first kappa shape index (κ1) is 24.8. The molecule has 182 valence electrons. The van der Waals surface area contributed by atoms with Gasteiger partial charge in [-0.25, -0.2) is 9.59 Å². The fourth-order valence-electron chi connectivity index (χ4n) is 4.63. The molecule has 2 N–H and O–H groups in total. The molecule has 0 aromatic carbocycles. The number of alkyl halides is 3. The summed E-state index contributed by atoms with van der Waals surface area (Å²) in [5.74, 6) is -2.51. The van der Waals surface area contributed by atoms with Crippen LogP contribution < -0.4 is 5.32 Å². The van der Waals surface area contributed by atoms with Crippen molar-refractivity contribution in [3.05, 3.63) is 30.1 Å². The highest BCUT2D eigenvalue weighted by molar-refractivity contribution is 5.83. The molecule has 1 aromatic heterocycles. The number of nitrogens with one attached hydrogen (secondary N) is 1. The van der Waals surface area contributed by atoms with Crippen molar-refractivity contribution in [2.45, 2.75) is 57.3 Å². The van der Waals surface area contributed by atoms with Crippen LogP contribution in [0.1, 0.15) is 44.2 Å². The van der Waals surface area contributed by atoms with Crippen molar-refractivity contribution >= 4 is 17.9 Å². The summed E-state index contributed by atoms with van der Waals surface area (Å²) >= 11 is 0. The number of carbonyl (C=O) groups excluding carboxylic acids is 2. The van der Waals surface area contributed by atoms with E-state index in [1.54, 1.807) is 11.1 Å². The molecule has 2 saturated carbocycles. The topological polar surface area (TPSA) is 103 Å². The second-order valence-corrected chi connectivity index (χ2v) is 9.04. The molecule has 0 bridgehead atoms. The van der Waals surface area contributed by atoms with Gasteiger partial charge in [-0.2, -0.15) is 13.2 Å². The van der Waals surface area contributed by atoms with Crippen LogP contribution in [-0.4, -0.2) is 70.2 Å². The van der Waals surface area contributed by atoms with Crippen molar-refractivity contribution in [3.8, 4) is 0 Å². The summed E-state index contributed by atoms with van der Waals surface area (Å²) in [6.45, 7) is 2.03. The summed E-state index contributed by atoms with van der Waals surface area (Å²) in [7, 11) is 1.85. The standard InChI is InChI=1S/C20H28N4O2.C2HF3O2/c1-23(13-16-8-4-5-10-21-16)18(25)17-12-20(17)9-11-24(14-20)19(26)22-15-6-2-3-7-15;3-2(4,5)1(6)7/h4-5,8,10,15,17H,2-3,6-7,9,11-14H2,1H3,(H,22,26);(H,6,7). The van der Waals surface area contributed by atoms with Crippen molar-refractivity contribution in [3.63, 3.8) is 0 Å². The lowest BCUT2D eigenvalue weighted by Gasteiger charge is -2.21. The van der Waals surface area contributed by atoms with Gasteiger partial charge >= 0.3 is 18.2 Å². The molecular formula is C22H29F3N4O4. The highest BCUT2D eigenvalue weighted by atomic mass is 19.4. The number of aliphatic carboxylic acids is 1. The highest BCUT2D eigenvalue weighted by Crippen LogP contribution is 2.59. The van der Waals surface area contributed by atoms with Crippen molar-refractivity contribution in [1.82, 2.24) is 20.1 Å². The van der Waals surface area contributed by atoms with Crippen LogP contribution in [0, 0.1) is 11.3 Å². The lowest BCUT2D eigenvalue weighted by molar-refractivity contribution is -0.192. The number of hydrogen-bond donors (Lipinski definition) is 2. The Morgan fingerprint density at radius 2 is 1.94 bits per heavy atom. The monoisotopic (exact) mass is 470 g/mol. The minimum absolute atomic E-state index is 0.0163. The molecule has 0 radical (unpaired) electrons. The molecule has 4 rings (SSSR count). The van der Waals surface area contributed by atoms with E-state index in [2.05, 4.69) is 10.3 Å². The summed E-state index contributed by atoms with van der Waals surface area (Å²) in [6, 6.07) is 6.17. The number of carboxylic acids is 1. The number of hydrogen-bond acceptors (Lipinski definition) is 4. The summed E-state index contributed by atoms with van der Waals surface area (Å²) < 4.78 is 31.7. The smallest absolute Gasteiger partial charge is 0.475 e. The van der Waals surface area contributed by atoms with E-state index in [0.29, 0.717) is 12.6 Å². The minimum atomic E-state index is -5.08. The zero-order chi connectivity index (χ0) is 24.2. The van der Waals surface area contributed by atoms with Gasteiger partial charge in [-0.15, -0.1) is 0 Å². The van der Waals surface area contributed by atoms with Gasteiger partial charge < -0.3 is 20.2 Å². The van der Waals surface area contributed by atoms with Gasteiger partial charge in [0.05, 0.1) is 12.2 Å². The van der Waals surface area contributed by atoms with E-state index >= 15 is 0 Å². The number of nitrogens with zero attached hydrogens (tertiary/aromatic N) is 3. The second kappa shape index (κ2) is 9.96. The summed E-state index contributed by atoms with van der Waals surface area (Å²) in [5.41, 5.74) is 0.921. The minimum Gasteiger partial charge on any atom is -0.475 e. The lowest BCUT2D eigenvalue weighted by atomic mass is 10.0. The zero-order valence-electron chi connectivity index (χ0n) is 18.5. The lowest BCUT2D eigenvalue weighted by Crippen LogP contribution is -2.43. The van der Waals surface area contributed by atoms with Crippen LogP contribution in [0.25, 0.3) is 0 Å². The van der Waals surface area contributed by atoms with Crippen LogP contribution >= 0.6 is 0 Å². The van der Waals surface area contributed by atoms with Gasteiger partial charge in [0.25, 0.3) is 0 Å². The predicted octanol–water partition coefficient (Wildman–Crippen LogP) is 3.04. The summed E-state index contributed by atoms with van der Waals surface area (Å²) in [5, 5.41) is 10.3. The van der Waals surface area contributed by atoms with Crippen LogP contribution in [0.3, 0.4) is 0 Å². The van der Waals surface area contributed by atoms with Gasteiger partial charge in [0, 0.05) is 43.7 Å². The van der Waals surface area contributed by atoms with Crippen LogP contribution in [-0.2, 0) is 16.1 Å². The van der Waals surface area contributed by atoms with Gasteiger partial charge in [-0.1, -0.05) is 18.9 Å². The molecular weight excluding hydrogens is 441 g/mol. The molecule has 2 aliphatic carbocycles. The highest BCUT2D eigenvalue weighted by Gasteiger charge is 2.62. The third kappa shape index (κ3) is 6.35. The molecule has 1 aromatic rings. The van der Waals surface area contributed by atoms with Gasteiger partial charge in [-0.05, 0) is 37.8 Å². The average Bonchev–Trinajstić information content (AvgIpc) is 3.07. The number of rotatable bonds is 4. The first-order valence-corrected chi connectivity index (χ1v) is 11.0. The molecule has 3 aliphatic rings. The number of carbonyl (C=O) groups is 3. The largest absolute Gasteiger partial charge is 0.490 e. The molecule has 1 spiro atoms. The molecule has 33 heavy (non-hydrogen) atoms. The average molecular weight is 470 g/mol. The fraction of sp³-hybridized carbons (Fsp3) is 0.636. The molecule has 11 heteroatoms. The normalized spacial score (nSPS) is 24.2. The predicted molar refractivity (Wildman–Crippen MR) is 112 cm³/mol. The third-order valence-electron chi connectivity index (χ3n) is 6.59. The van der Waals surface area contributed by atoms with E-state index in [-0.39, 0.29) is 23.3 Å². The van der Waals surface area contributed by atoms with E-state index in [1.165, 1.54) is 12.8 Å². The quantitative estimate of drug-likeness (QED) is 0.704. The van der Waals surface area contributed by atoms with Crippen LogP contribution in [0.4, 0.5) is 18.0 Å². The molecule has 3 fully saturated rings. The number of carboxylic acid groups (broad SMARTS) is 1. The Balaban J connectivity index is 0.000000383. The van der Waals surface area contributed by atoms with E-state index in [0.717, 1.165) is 44.5 Å². The maximum absolute atomic E-state index is 12.8. The van der Waals surface area contributed by atoms with Gasteiger partial charge in [0.15, 0.2) is 0 Å². The Labute approximate surface area is 190 Å². The van der Waals surface area contributed by atoms with E-state index < -0.39 is 12.1 Å². The summed E-state index contributed by atoms with van der Waals surface area (Å²) in [4.78, 5) is 42.2. The zero-order valence-corrected chi connectivity index (χ0v) is 18.5. The first-order chi connectivity index (χ1) is 15.5. The Bertz CT molecular complexity index is 861. The Kier molecular flexibility index (Phi) is 7.48.